The molecule has 0 aromatic carbocycles. The topological polar surface area (TPSA) is 176 Å². The molecule has 5 fully saturated rings. The van der Waals surface area contributed by atoms with E-state index in [1.165, 1.54) is 19.4 Å². The first kappa shape index (κ1) is 30.3. The van der Waals surface area contributed by atoms with Crippen molar-refractivity contribution in [1.29, 1.82) is 0 Å². The summed E-state index contributed by atoms with van der Waals surface area (Å²) in [6.45, 7) is 3.64. The number of carbonyl (C=O) groups excluding carboxylic acids is 1. The van der Waals surface area contributed by atoms with Gasteiger partial charge in [0.15, 0.2) is 6.29 Å². The summed E-state index contributed by atoms with van der Waals surface area (Å²) in [5.74, 6) is -1.20. The Morgan fingerprint density at radius 1 is 1.02 bits per heavy atom. The molecule has 0 radical (unpaired) electrons. The van der Waals surface area contributed by atoms with E-state index in [4.69, 9.17) is 18.6 Å². The number of ether oxygens (including phenoxy) is 3. The molecule has 0 bridgehead atoms. The number of methoxy groups -OCH3 is 1. The fourth-order valence-corrected chi connectivity index (χ4v) is 10.00. The van der Waals surface area contributed by atoms with Gasteiger partial charge < -0.3 is 49.0 Å². The van der Waals surface area contributed by atoms with Gasteiger partial charge in [0.05, 0.1) is 41.2 Å². The molecule has 4 aliphatic carbocycles. The van der Waals surface area contributed by atoms with Crippen molar-refractivity contribution >= 4 is 6.29 Å². The van der Waals surface area contributed by atoms with Crippen LogP contribution in [0.5, 0.6) is 0 Å². The van der Waals surface area contributed by atoms with E-state index in [9.17, 15) is 35.1 Å². The predicted octanol–water partition coefficient (Wildman–Crippen LogP) is 1.01. The molecule has 11 heteroatoms. The SMILES string of the molecule is COC1C(O)C(C)OC(OC2CCC3(C=O)C4C(O)CC5(C)C(c6ccc(=O)oc6)CCC5(O)C4CCC3(O)C2)C1O. The molecule has 1 aromatic rings. The highest BCUT2D eigenvalue weighted by Crippen LogP contribution is 2.71. The van der Waals surface area contributed by atoms with Crippen LogP contribution in [0, 0.1) is 22.7 Å². The third-order valence-electron chi connectivity index (χ3n) is 12.2. The van der Waals surface area contributed by atoms with E-state index in [0.29, 0.717) is 25.7 Å². The van der Waals surface area contributed by atoms with Gasteiger partial charge in [-0.2, -0.15) is 0 Å². The van der Waals surface area contributed by atoms with Crippen LogP contribution in [0.3, 0.4) is 0 Å². The van der Waals surface area contributed by atoms with Crippen molar-refractivity contribution in [3.63, 3.8) is 0 Å². The van der Waals surface area contributed by atoms with Crippen LogP contribution in [0.1, 0.15) is 76.7 Å². The monoisotopic (exact) mass is 592 g/mol. The summed E-state index contributed by atoms with van der Waals surface area (Å²) in [6, 6.07) is 3.10. The molecule has 6 rings (SSSR count). The fourth-order valence-electron chi connectivity index (χ4n) is 10.00. The highest BCUT2D eigenvalue weighted by molar-refractivity contribution is 5.64. The average Bonchev–Trinajstić information content (AvgIpc) is 3.22. The normalized spacial score (nSPS) is 52.2. The molecule has 0 spiro atoms. The lowest BCUT2D eigenvalue weighted by Crippen LogP contribution is -2.72. The lowest BCUT2D eigenvalue weighted by atomic mass is 9.41. The summed E-state index contributed by atoms with van der Waals surface area (Å²) < 4.78 is 22.3. The van der Waals surface area contributed by atoms with Gasteiger partial charge in [-0.1, -0.05) is 6.92 Å². The summed E-state index contributed by atoms with van der Waals surface area (Å²) >= 11 is 0. The highest BCUT2D eigenvalue weighted by Gasteiger charge is 2.73. The molecule has 11 nitrogen and oxygen atoms in total. The van der Waals surface area contributed by atoms with E-state index >= 15 is 0 Å². The second-order valence-electron chi connectivity index (χ2n) is 13.8. The number of hydrogen-bond donors (Lipinski definition) is 5. The summed E-state index contributed by atoms with van der Waals surface area (Å²) in [4.78, 5) is 24.7. The Kier molecular flexibility index (Phi) is 7.54. The first-order chi connectivity index (χ1) is 19.8. The maximum absolute atomic E-state index is 13.1. The molecule has 5 N–H and O–H groups in total. The van der Waals surface area contributed by atoms with Crippen LogP contribution in [-0.2, 0) is 19.0 Å². The number of aliphatic hydroxyl groups is 5. The van der Waals surface area contributed by atoms with Crippen LogP contribution >= 0.6 is 0 Å². The van der Waals surface area contributed by atoms with Crippen molar-refractivity contribution in [3.05, 3.63) is 34.4 Å². The van der Waals surface area contributed by atoms with Crippen LogP contribution in [-0.4, -0.2) is 93.0 Å². The van der Waals surface area contributed by atoms with Gasteiger partial charge in [0.2, 0.25) is 0 Å². The molecular weight excluding hydrogens is 548 g/mol. The third-order valence-corrected chi connectivity index (χ3v) is 12.2. The minimum atomic E-state index is -1.49. The van der Waals surface area contributed by atoms with Gasteiger partial charge in [-0.05, 0) is 75.3 Å². The van der Waals surface area contributed by atoms with Gasteiger partial charge in [0, 0.05) is 30.9 Å². The van der Waals surface area contributed by atoms with E-state index in [1.54, 1.807) is 13.0 Å². The lowest BCUT2D eigenvalue weighted by molar-refractivity contribution is -0.322. The van der Waals surface area contributed by atoms with Crippen molar-refractivity contribution in [2.75, 3.05) is 7.11 Å². The molecule has 5 aliphatic rings. The first-order valence-electron chi connectivity index (χ1n) is 15.2. The van der Waals surface area contributed by atoms with Gasteiger partial charge in [-0.3, -0.25) is 0 Å². The van der Waals surface area contributed by atoms with Crippen LogP contribution in [0.25, 0.3) is 0 Å². The van der Waals surface area contributed by atoms with E-state index < -0.39 is 82.4 Å². The second-order valence-corrected chi connectivity index (χ2v) is 13.8. The van der Waals surface area contributed by atoms with Crippen LogP contribution in [0.15, 0.2) is 27.6 Å². The van der Waals surface area contributed by atoms with Gasteiger partial charge in [-0.25, -0.2) is 4.79 Å². The zero-order valence-electron chi connectivity index (χ0n) is 24.4. The van der Waals surface area contributed by atoms with Crippen molar-refractivity contribution in [1.82, 2.24) is 0 Å². The molecule has 0 amide bonds. The molecule has 14 unspecified atom stereocenters. The largest absolute Gasteiger partial charge is 0.431 e. The molecule has 1 saturated heterocycles. The van der Waals surface area contributed by atoms with Gasteiger partial charge in [0.25, 0.3) is 0 Å². The molecule has 1 aliphatic heterocycles. The van der Waals surface area contributed by atoms with E-state index in [1.807, 2.05) is 6.92 Å². The zero-order valence-corrected chi connectivity index (χ0v) is 24.4. The maximum Gasteiger partial charge on any atom is 0.335 e. The van der Waals surface area contributed by atoms with Crippen LogP contribution < -0.4 is 5.63 Å². The fraction of sp³-hybridized carbons (Fsp3) is 0.806. The minimum absolute atomic E-state index is 0.101. The molecule has 1 aromatic heterocycles. The Hall–Kier alpha value is -1.70. The lowest BCUT2D eigenvalue weighted by Gasteiger charge is -2.66. The molecule has 4 saturated carbocycles. The van der Waals surface area contributed by atoms with Crippen molar-refractivity contribution in [2.24, 2.45) is 22.7 Å². The van der Waals surface area contributed by atoms with Crippen LogP contribution in [0.2, 0.25) is 0 Å². The summed E-state index contributed by atoms with van der Waals surface area (Å²) in [6.07, 6.45) is -1.41. The number of hydrogen-bond acceptors (Lipinski definition) is 11. The van der Waals surface area contributed by atoms with Gasteiger partial charge in [-0.15, -0.1) is 0 Å². The van der Waals surface area contributed by atoms with E-state index in [2.05, 4.69) is 0 Å². The van der Waals surface area contributed by atoms with Crippen LogP contribution in [0.4, 0.5) is 0 Å². The Morgan fingerprint density at radius 3 is 2.45 bits per heavy atom. The number of aldehydes is 1. The standard InChI is InChI=1S/C31H44O11/c1-16-24(35)26(39-3)25(36)27(41-16)42-18-6-9-29(15-32)23-20(7-10-30(29,37)12-18)31(38)11-8-19(28(31,2)13-21(23)33)17-4-5-22(34)40-14-17/h4-5,14-16,18-21,23-27,33,35-38H,6-13H2,1-3H3. The van der Waals surface area contributed by atoms with E-state index in [-0.39, 0.29) is 31.6 Å². The summed E-state index contributed by atoms with van der Waals surface area (Å²) in [5, 5.41) is 57.5. The van der Waals surface area contributed by atoms with Gasteiger partial charge >= 0.3 is 5.63 Å². The highest BCUT2D eigenvalue weighted by atomic mass is 16.7. The Bertz CT molecular complexity index is 1220. The first-order valence-corrected chi connectivity index (χ1v) is 15.2. The second kappa shape index (κ2) is 10.4. The molecule has 42 heavy (non-hydrogen) atoms. The van der Waals surface area contributed by atoms with E-state index in [0.717, 1.165) is 11.8 Å². The molecule has 234 valence electrons. The van der Waals surface area contributed by atoms with Crippen molar-refractivity contribution in [2.45, 2.75) is 125 Å². The number of aliphatic hydroxyl groups excluding tert-OH is 3. The molecule has 14 atom stereocenters. The number of carbonyl (C=O) groups is 1. The summed E-state index contributed by atoms with van der Waals surface area (Å²) in [5.41, 5.74) is -4.33. The quantitative estimate of drug-likeness (QED) is 0.244. The Balaban J connectivity index is 1.26. The molecular formula is C31H44O11. The Morgan fingerprint density at radius 2 is 1.79 bits per heavy atom. The summed E-state index contributed by atoms with van der Waals surface area (Å²) in [7, 11) is 1.39. The Labute approximate surface area is 244 Å². The maximum atomic E-state index is 13.1. The third kappa shape index (κ3) is 4.15. The zero-order chi connectivity index (χ0) is 30.2. The predicted molar refractivity (Wildman–Crippen MR) is 146 cm³/mol. The average molecular weight is 593 g/mol. The van der Waals surface area contributed by atoms with Gasteiger partial charge in [0.1, 0.15) is 24.6 Å². The van der Waals surface area contributed by atoms with Crippen molar-refractivity contribution in [3.8, 4) is 0 Å². The number of rotatable bonds is 5. The van der Waals surface area contributed by atoms with Crippen molar-refractivity contribution < 1.29 is 49.0 Å². The number of fused-ring (bicyclic) bond motifs is 5. The minimum Gasteiger partial charge on any atom is -0.431 e. The smallest absolute Gasteiger partial charge is 0.335 e. The molecule has 2 heterocycles.